The van der Waals surface area contributed by atoms with Gasteiger partial charge in [-0.15, -0.1) is 0 Å². The molecule has 5 heteroatoms. The lowest BCUT2D eigenvalue weighted by molar-refractivity contribution is 0.616. The van der Waals surface area contributed by atoms with Crippen molar-refractivity contribution in [1.82, 2.24) is 14.8 Å². The number of pyridine rings is 1. The first kappa shape index (κ1) is 11.3. The zero-order valence-corrected chi connectivity index (χ0v) is 10.6. The minimum atomic E-state index is -0.0522. The third kappa shape index (κ3) is 2.48. The van der Waals surface area contributed by atoms with Gasteiger partial charge < -0.3 is 5.73 Å². The molecule has 0 bridgehead atoms. The van der Waals surface area contributed by atoms with Gasteiger partial charge in [-0.3, -0.25) is 9.67 Å². The molecule has 4 nitrogen and oxygen atoms in total. The zero-order chi connectivity index (χ0) is 11.5. The maximum absolute atomic E-state index is 6.12. The SMILES string of the molecule is Cn1nccc1C(N)Cc1cncc(Br)c1. The summed E-state index contributed by atoms with van der Waals surface area (Å²) in [5.74, 6) is 0. The quantitative estimate of drug-likeness (QED) is 0.933. The summed E-state index contributed by atoms with van der Waals surface area (Å²) < 4.78 is 2.78. The van der Waals surface area contributed by atoms with Gasteiger partial charge in [0.15, 0.2) is 0 Å². The van der Waals surface area contributed by atoms with Crippen LogP contribution in [-0.4, -0.2) is 14.8 Å². The first-order valence-electron chi connectivity index (χ1n) is 4.99. The Morgan fingerprint density at radius 3 is 2.94 bits per heavy atom. The van der Waals surface area contributed by atoms with Gasteiger partial charge in [0.1, 0.15) is 0 Å². The number of halogens is 1. The highest BCUT2D eigenvalue weighted by Gasteiger charge is 2.10. The lowest BCUT2D eigenvalue weighted by Gasteiger charge is -2.11. The molecule has 2 rings (SSSR count). The summed E-state index contributed by atoms with van der Waals surface area (Å²) in [6.45, 7) is 0. The molecule has 0 radical (unpaired) electrons. The number of nitrogens with zero attached hydrogens (tertiary/aromatic N) is 3. The molecule has 0 saturated carbocycles. The van der Waals surface area contributed by atoms with Gasteiger partial charge >= 0.3 is 0 Å². The zero-order valence-electron chi connectivity index (χ0n) is 8.97. The van der Waals surface area contributed by atoms with E-state index >= 15 is 0 Å². The number of rotatable bonds is 3. The highest BCUT2D eigenvalue weighted by Crippen LogP contribution is 2.17. The third-order valence-electron chi connectivity index (χ3n) is 2.46. The van der Waals surface area contributed by atoms with E-state index in [-0.39, 0.29) is 6.04 Å². The van der Waals surface area contributed by atoms with Gasteiger partial charge in [-0.1, -0.05) is 0 Å². The minimum absolute atomic E-state index is 0.0522. The van der Waals surface area contributed by atoms with Gasteiger partial charge in [-0.2, -0.15) is 5.10 Å². The van der Waals surface area contributed by atoms with Gasteiger partial charge in [0.25, 0.3) is 0 Å². The van der Waals surface area contributed by atoms with E-state index in [0.717, 1.165) is 22.2 Å². The molecular weight excluding hydrogens is 268 g/mol. The van der Waals surface area contributed by atoms with E-state index in [2.05, 4.69) is 26.0 Å². The maximum Gasteiger partial charge on any atom is 0.0551 e. The predicted molar refractivity (Wildman–Crippen MR) is 65.8 cm³/mol. The smallest absolute Gasteiger partial charge is 0.0551 e. The average molecular weight is 281 g/mol. The van der Waals surface area contributed by atoms with Gasteiger partial charge in [0, 0.05) is 30.1 Å². The topological polar surface area (TPSA) is 56.7 Å². The summed E-state index contributed by atoms with van der Waals surface area (Å²) >= 11 is 3.39. The number of nitrogens with two attached hydrogens (primary N) is 1. The van der Waals surface area contributed by atoms with E-state index in [9.17, 15) is 0 Å². The Morgan fingerprint density at radius 1 is 1.50 bits per heavy atom. The summed E-state index contributed by atoms with van der Waals surface area (Å²) in [7, 11) is 1.90. The van der Waals surface area contributed by atoms with Crippen molar-refractivity contribution in [3.63, 3.8) is 0 Å². The Hall–Kier alpha value is -1.20. The van der Waals surface area contributed by atoms with Gasteiger partial charge in [0.05, 0.1) is 11.7 Å². The van der Waals surface area contributed by atoms with Crippen LogP contribution in [0.5, 0.6) is 0 Å². The molecule has 0 spiro atoms. The Kier molecular flexibility index (Phi) is 3.36. The van der Waals surface area contributed by atoms with Crippen molar-refractivity contribution in [2.24, 2.45) is 12.8 Å². The fraction of sp³-hybridized carbons (Fsp3) is 0.273. The second kappa shape index (κ2) is 4.76. The van der Waals surface area contributed by atoms with E-state index in [0.29, 0.717) is 0 Å². The van der Waals surface area contributed by atoms with Crippen LogP contribution in [0, 0.1) is 0 Å². The summed E-state index contributed by atoms with van der Waals surface area (Å²) in [4.78, 5) is 4.12. The molecule has 0 fully saturated rings. The number of hydrogen-bond donors (Lipinski definition) is 1. The summed E-state index contributed by atoms with van der Waals surface area (Å²) in [6, 6.07) is 3.92. The molecule has 2 aromatic rings. The molecular formula is C11H13BrN4. The Balaban J connectivity index is 2.14. The van der Waals surface area contributed by atoms with E-state index in [1.165, 1.54) is 0 Å². The first-order valence-corrected chi connectivity index (χ1v) is 5.79. The normalized spacial score (nSPS) is 12.7. The summed E-state index contributed by atoms with van der Waals surface area (Å²) in [5, 5.41) is 4.11. The standard InChI is InChI=1S/C11H13BrN4/c1-16-11(2-3-15-16)10(13)5-8-4-9(12)7-14-6-8/h2-4,6-7,10H,5,13H2,1H3. The molecule has 0 amide bonds. The second-order valence-corrected chi connectivity index (χ2v) is 4.62. The van der Waals surface area contributed by atoms with Crippen LogP contribution in [0.3, 0.4) is 0 Å². The fourth-order valence-corrected chi connectivity index (χ4v) is 2.09. The highest BCUT2D eigenvalue weighted by atomic mass is 79.9. The van der Waals surface area contributed by atoms with Crippen LogP contribution in [-0.2, 0) is 13.5 Å². The van der Waals surface area contributed by atoms with Crippen molar-refractivity contribution in [3.8, 4) is 0 Å². The largest absolute Gasteiger partial charge is 0.322 e. The molecule has 1 unspecified atom stereocenters. The van der Waals surface area contributed by atoms with E-state index in [4.69, 9.17) is 5.73 Å². The summed E-state index contributed by atoms with van der Waals surface area (Å²) in [6.07, 6.45) is 6.11. The lowest BCUT2D eigenvalue weighted by Crippen LogP contribution is -2.17. The van der Waals surface area contributed by atoms with Crippen molar-refractivity contribution >= 4 is 15.9 Å². The van der Waals surface area contributed by atoms with Crippen molar-refractivity contribution < 1.29 is 0 Å². The minimum Gasteiger partial charge on any atom is -0.322 e. The van der Waals surface area contributed by atoms with Gasteiger partial charge in [-0.05, 0) is 40.0 Å². The van der Waals surface area contributed by atoms with Crippen LogP contribution >= 0.6 is 15.9 Å². The van der Waals surface area contributed by atoms with E-state index < -0.39 is 0 Å². The molecule has 2 N–H and O–H groups in total. The monoisotopic (exact) mass is 280 g/mol. The van der Waals surface area contributed by atoms with Crippen LogP contribution in [0.25, 0.3) is 0 Å². The molecule has 2 aromatic heterocycles. The number of hydrogen-bond acceptors (Lipinski definition) is 3. The van der Waals surface area contributed by atoms with Crippen LogP contribution in [0.1, 0.15) is 17.3 Å². The molecule has 0 aliphatic carbocycles. The van der Waals surface area contributed by atoms with Crippen molar-refractivity contribution in [2.75, 3.05) is 0 Å². The third-order valence-corrected chi connectivity index (χ3v) is 2.89. The fourth-order valence-electron chi connectivity index (χ4n) is 1.67. The molecule has 1 atom stereocenters. The highest BCUT2D eigenvalue weighted by molar-refractivity contribution is 9.10. The molecule has 16 heavy (non-hydrogen) atoms. The van der Waals surface area contributed by atoms with Crippen LogP contribution < -0.4 is 5.73 Å². The van der Waals surface area contributed by atoms with Crippen molar-refractivity contribution in [2.45, 2.75) is 12.5 Å². The Labute approximate surface area is 103 Å². The molecule has 0 saturated heterocycles. The Morgan fingerprint density at radius 2 is 2.31 bits per heavy atom. The van der Waals surface area contributed by atoms with Crippen LogP contribution in [0.2, 0.25) is 0 Å². The van der Waals surface area contributed by atoms with E-state index in [1.807, 2.05) is 25.4 Å². The maximum atomic E-state index is 6.12. The number of aromatic nitrogens is 3. The molecule has 2 heterocycles. The summed E-state index contributed by atoms with van der Waals surface area (Å²) in [5.41, 5.74) is 8.26. The molecule has 0 aliphatic heterocycles. The molecule has 0 aliphatic rings. The predicted octanol–water partition coefficient (Wildman–Crippen LogP) is 1.82. The van der Waals surface area contributed by atoms with Gasteiger partial charge in [-0.25, -0.2) is 0 Å². The van der Waals surface area contributed by atoms with Crippen LogP contribution in [0.15, 0.2) is 35.2 Å². The second-order valence-electron chi connectivity index (χ2n) is 3.70. The first-order chi connectivity index (χ1) is 7.66. The lowest BCUT2D eigenvalue weighted by atomic mass is 10.1. The Bertz CT molecular complexity index is 480. The van der Waals surface area contributed by atoms with Crippen molar-refractivity contribution in [1.29, 1.82) is 0 Å². The van der Waals surface area contributed by atoms with E-state index in [1.54, 1.807) is 17.1 Å². The average Bonchev–Trinajstić information content (AvgIpc) is 2.64. The van der Waals surface area contributed by atoms with Crippen LogP contribution in [0.4, 0.5) is 0 Å². The van der Waals surface area contributed by atoms with Gasteiger partial charge in [0.2, 0.25) is 0 Å². The number of aryl methyl sites for hydroxylation is 1. The van der Waals surface area contributed by atoms with Crippen molar-refractivity contribution in [3.05, 3.63) is 46.5 Å². The molecule has 84 valence electrons. The molecule has 0 aromatic carbocycles.